The summed E-state index contributed by atoms with van der Waals surface area (Å²) in [6.07, 6.45) is 3.18. The smallest absolute Gasteiger partial charge is 0.296 e. The van der Waals surface area contributed by atoms with E-state index in [0.29, 0.717) is 11.3 Å². The highest BCUT2D eigenvalue weighted by molar-refractivity contribution is 9.10. The van der Waals surface area contributed by atoms with E-state index in [1.165, 1.54) is 0 Å². The Kier molecular flexibility index (Phi) is 4.52. The molecule has 1 amide bonds. The number of hydrogen-bond acceptors (Lipinski definition) is 4. The molecule has 0 saturated heterocycles. The van der Waals surface area contributed by atoms with Crippen molar-refractivity contribution < 1.29 is 9.59 Å². The minimum atomic E-state index is -0.552. The lowest BCUT2D eigenvalue weighted by Gasteiger charge is -2.21. The monoisotopic (exact) mass is 342 g/mol. The second-order valence-electron chi connectivity index (χ2n) is 4.40. The number of benzene rings is 1. The van der Waals surface area contributed by atoms with E-state index >= 15 is 0 Å². The van der Waals surface area contributed by atoms with Crippen molar-refractivity contribution in [2.75, 3.05) is 35.8 Å². The largest absolute Gasteiger partial charge is 0.374 e. The lowest BCUT2D eigenvalue weighted by Crippen LogP contribution is -2.19. The number of nitrogens with one attached hydrogen (secondary N) is 1. The minimum Gasteiger partial charge on any atom is -0.374 e. The highest BCUT2D eigenvalue weighted by atomic mass is 79.9. The maximum atomic E-state index is 11.6. The lowest BCUT2D eigenvalue weighted by atomic mass is 10.1. The third-order valence-electron chi connectivity index (χ3n) is 3.04. The van der Waals surface area contributed by atoms with Gasteiger partial charge in [0.2, 0.25) is 0 Å². The summed E-state index contributed by atoms with van der Waals surface area (Å²) in [6, 6.07) is 3.57. The molecule has 0 spiro atoms. The van der Waals surface area contributed by atoms with Gasteiger partial charge >= 0.3 is 0 Å². The van der Waals surface area contributed by atoms with Gasteiger partial charge in [-0.15, -0.1) is 0 Å². The number of fused-ring (bicyclic) bond motifs is 1. The molecule has 2 rings (SSSR count). The van der Waals surface area contributed by atoms with Gasteiger partial charge in [-0.1, -0.05) is 0 Å². The number of carbonyl (C=O) groups is 2. The zero-order chi connectivity index (χ0) is 14.0. The first-order valence-corrected chi connectivity index (χ1v) is 8.12. The van der Waals surface area contributed by atoms with Gasteiger partial charge in [0.05, 0.1) is 16.9 Å². The van der Waals surface area contributed by atoms with Crippen LogP contribution >= 0.6 is 27.7 Å². The molecule has 1 aromatic carbocycles. The summed E-state index contributed by atoms with van der Waals surface area (Å²) >= 11 is 5.29. The fourth-order valence-electron chi connectivity index (χ4n) is 2.01. The topological polar surface area (TPSA) is 49.4 Å². The third-order valence-corrected chi connectivity index (χ3v) is 4.37. The molecule has 0 aromatic heterocycles. The fourth-order valence-corrected chi connectivity index (χ4v) is 3.08. The van der Waals surface area contributed by atoms with Gasteiger partial charge in [-0.25, -0.2) is 0 Å². The SMILES string of the molecule is CSCCCN(C)c1cc2c(cc1Br)C(=O)C(=O)N2. The lowest BCUT2D eigenvalue weighted by molar-refractivity contribution is -0.112. The third kappa shape index (κ3) is 2.95. The maximum Gasteiger partial charge on any atom is 0.296 e. The van der Waals surface area contributed by atoms with Crippen LogP contribution in [0.4, 0.5) is 11.4 Å². The molecular weight excluding hydrogens is 328 g/mol. The first kappa shape index (κ1) is 14.4. The van der Waals surface area contributed by atoms with Gasteiger partial charge in [0, 0.05) is 18.1 Å². The van der Waals surface area contributed by atoms with Gasteiger partial charge < -0.3 is 10.2 Å². The molecule has 102 valence electrons. The van der Waals surface area contributed by atoms with Gasteiger partial charge in [0.25, 0.3) is 11.7 Å². The Morgan fingerprint density at radius 2 is 2.11 bits per heavy atom. The van der Waals surface area contributed by atoms with E-state index in [1.54, 1.807) is 6.07 Å². The zero-order valence-corrected chi connectivity index (χ0v) is 13.2. The van der Waals surface area contributed by atoms with Crippen LogP contribution in [0.3, 0.4) is 0 Å². The summed E-state index contributed by atoms with van der Waals surface area (Å²) in [5.74, 6) is 0.0960. The van der Waals surface area contributed by atoms with Crippen LogP contribution in [0.1, 0.15) is 16.8 Å². The average molecular weight is 343 g/mol. The molecule has 0 fully saturated rings. The number of anilines is 2. The van der Waals surface area contributed by atoms with E-state index < -0.39 is 11.7 Å². The highest BCUT2D eigenvalue weighted by Crippen LogP contribution is 2.34. The Morgan fingerprint density at radius 3 is 2.79 bits per heavy atom. The van der Waals surface area contributed by atoms with Crippen LogP contribution in [0.5, 0.6) is 0 Å². The predicted octanol–water partition coefficient (Wildman–Crippen LogP) is 2.77. The average Bonchev–Trinajstić information content (AvgIpc) is 2.65. The Bertz CT molecular complexity index is 534. The number of amides is 1. The molecule has 0 unspecified atom stereocenters. The summed E-state index contributed by atoms with van der Waals surface area (Å²) in [5, 5.41) is 2.60. The first-order valence-electron chi connectivity index (χ1n) is 5.94. The van der Waals surface area contributed by atoms with Crippen molar-refractivity contribution in [3.05, 3.63) is 22.2 Å². The van der Waals surface area contributed by atoms with Gasteiger partial charge in [-0.3, -0.25) is 9.59 Å². The van der Waals surface area contributed by atoms with Crippen molar-refractivity contribution in [3.8, 4) is 0 Å². The zero-order valence-electron chi connectivity index (χ0n) is 10.8. The number of rotatable bonds is 5. The van der Waals surface area contributed by atoms with E-state index in [0.717, 1.165) is 28.9 Å². The first-order chi connectivity index (χ1) is 9.04. The molecule has 0 radical (unpaired) electrons. The van der Waals surface area contributed by atoms with Crippen molar-refractivity contribution in [1.82, 2.24) is 0 Å². The van der Waals surface area contributed by atoms with Crippen LogP contribution in [0, 0.1) is 0 Å². The summed E-state index contributed by atoms with van der Waals surface area (Å²) in [4.78, 5) is 25.1. The molecule has 0 saturated carbocycles. The van der Waals surface area contributed by atoms with Crippen LogP contribution in [0.25, 0.3) is 0 Å². The molecule has 1 N–H and O–H groups in total. The second kappa shape index (κ2) is 5.96. The molecular formula is C13H15BrN2O2S. The number of ketones is 1. The highest BCUT2D eigenvalue weighted by Gasteiger charge is 2.29. The molecule has 0 bridgehead atoms. The molecule has 6 heteroatoms. The standard InChI is InChI=1S/C13H15BrN2O2S/c1-16(4-3-5-19-2)11-7-10-8(6-9(11)14)12(17)13(18)15-10/h6-7H,3-5H2,1-2H3,(H,15,17,18). The maximum absolute atomic E-state index is 11.6. The Labute approximate surface area is 125 Å². The molecule has 4 nitrogen and oxygen atoms in total. The van der Waals surface area contributed by atoms with Gasteiger partial charge in [0.1, 0.15) is 0 Å². The van der Waals surface area contributed by atoms with Crippen LogP contribution in [-0.2, 0) is 4.79 Å². The summed E-state index contributed by atoms with van der Waals surface area (Å²) < 4.78 is 0.836. The molecule has 1 aliphatic heterocycles. The van der Waals surface area contributed by atoms with Crippen LogP contribution in [0.15, 0.2) is 16.6 Å². The van der Waals surface area contributed by atoms with Crippen molar-refractivity contribution in [2.24, 2.45) is 0 Å². The summed E-state index contributed by atoms with van der Waals surface area (Å²) in [5.41, 5.74) is 2.03. The number of thioether (sulfide) groups is 1. The van der Waals surface area contributed by atoms with Crippen LogP contribution in [0.2, 0.25) is 0 Å². The second-order valence-corrected chi connectivity index (χ2v) is 6.24. The Morgan fingerprint density at radius 1 is 1.37 bits per heavy atom. The van der Waals surface area contributed by atoms with Crippen molar-refractivity contribution >= 4 is 50.8 Å². The van der Waals surface area contributed by atoms with Crippen molar-refractivity contribution in [3.63, 3.8) is 0 Å². The quantitative estimate of drug-likeness (QED) is 0.660. The number of carbonyl (C=O) groups excluding carboxylic acids is 2. The number of hydrogen-bond donors (Lipinski definition) is 1. The normalized spacial score (nSPS) is 13.4. The summed E-state index contributed by atoms with van der Waals surface area (Å²) in [6.45, 7) is 0.931. The molecule has 0 aliphatic carbocycles. The minimum absolute atomic E-state index is 0.443. The van der Waals surface area contributed by atoms with E-state index in [1.807, 2.05) is 24.9 Å². The van der Waals surface area contributed by atoms with Crippen LogP contribution in [-0.4, -0.2) is 37.3 Å². The van der Waals surface area contributed by atoms with Gasteiger partial charge in [0.15, 0.2) is 0 Å². The number of halogens is 1. The molecule has 1 heterocycles. The molecule has 1 aliphatic rings. The molecule has 0 atom stereocenters. The molecule has 19 heavy (non-hydrogen) atoms. The van der Waals surface area contributed by atoms with Crippen LogP contribution < -0.4 is 10.2 Å². The van der Waals surface area contributed by atoms with Crippen molar-refractivity contribution in [2.45, 2.75) is 6.42 Å². The Hall–Kier alpha value is -1.01. The number of nitrogens with zero attached hydrogens (tertiary/aromatic N) is 1. The summed E-state index contributed by atoms with van der Waals surface area (Å²) in [7, 11) is 2.01. The molecule has 1 aromatic rings. The van der Waals surface area contributed by atoms with E-state index in [9.17, 15) is 9.59 Å². The van der Waals surface area contributed by atoms with E-state index in [-0.39, 0.29) is 0 Å². The predicted molar refractivity (Wildman–Crippen MR) is 83.4 cm³/mol. The fraction of sp³-hybridized carbons (Fsp3) is 0.385. The van der Waals surface area contributed by atoms with Gasteiger partial charge in [-0.2, -0.15) is 11.8 Å². The van der Waals surface area contributed by atoms with Gasteiger partial charge in [-0.05, 0) is 46.5 Å². The van der Waals surface area contributed by atoms with Crippen molar-refractivity contribution in [1.29, 1.82) is 0 Å². The Balaban J connectivity index is 2.22. The van der Waals surface area contributed by atoms with E-state index in [2.05, 4.69) is 32.4 Å². The number of Topliss-reactive ketones (excluding diaryl/α,β-unsaturated/α-hetero) is 1. The van der Waals surface area contributed by atoms with E-state index in [4.69, 9.17) is 0 Å².